The van der Waals surface area contributed by atoms with E-state index in [9.17, 15) is 0 Å². The van der Waals surface area contributed by atoms with Crippen molar-refractivity contribution < 1.29 is 9.84 Å². The van der Waals surface area contributed by atoms with Crippen molar-refractivity contribution in [2.75, 3.05) is 13.2 Å². The van der Waals surface area contributed by atoms with Gasteiger partial charge in [-0.05, 0) is 12.1 Å². The molecule has 0 aromatic heterocycles. The second-order valence-corrected chi connectivity index (χ2v) is 2.65. The highest BCUT2D eigenvalue weighted by atomic mass is 35.5. The predicted molar refractivity (Wildman–Crippen MR) is 53.9 cm³/mol. The van der Waals surface area contributed by atoms with E-state index in [-0.39, 0.29) is 6.61 Å². The highest BCUT2D eigenvalue weighted by Crippen LogP contribution is 2.19. The fourth-order valence-electron chi connectivity index (χ4n) is 0.973. The zero-order chi connectivity index (χ0) is 9.52. The summed E-state index contributed by atoms with van der Waals surface area (Å²) in [5, 5.41) is 8.58. The average Bonchev–Trinajstić information content (AvgIpc) is 2.17. The van der Waals surface area contributed by atoms with Gasteiger partial charge in [0.05, 0.1) is 6.61 Å². The SMILES string of the molecule is OCCOc1ccccc1C=CCl. The smallest absolute Gasteiger partial charge is 0.126 e. The number of aliphatic hydroxyl groups is 1. The van der Waals surface area contributed by atoms with Crippen molar-refractivity contribution in [3.8, 4) is 5.75 Å². The lowest BCUT2D eigenvalue weighted by Crippen LogP contribution is -2.02. The molecule has 0 unspecified atom stereocenters. The number of ether oxygens (including phenoxy) is 1. The van der Waals surface area contributed by atoms with Crippen LogP contribution in [0.3, 0.4) is 0 Å². The van der Waals surface area contributed by atoms with Gasteiger partial charge in [0.25, 0.3) is 0 Å². The Morgan fingerprint density at radius 1 is 1.38 bits per heavy atom. The summed E-state index contributed by atoms with van der Waals surface area (Å²) < 4.78 is 5.28. The average molecular weight is 199 g/mol. The second kappa shape index (κ2) is 5.62. The molecule has 1 aromatic carbocycles. The summed E-state index contributed by atoms with van der Waals surface area (Å²) in [6.45, 7) is 0.312. The molecule has 0 amide bonds. The van der Waals surface area contributed by atoms with Crippen molar-refractivity contribution >= 4 is 17.7 Å². The standard InChI is InChI=1S/C10H11ClO2/c11-6-5-9-3-1-2-4-10(9)13-8-7-12/h1-6,12H,7-8H2. The molecule has 3 heteroatoms. The number of rotatable bonds is 4. The van der Waals surface area contributed by atoms with E-state index in [0.717, 1.165) is 11.3 Å². The van der Waals surface area contributed by atoms with Gasteiger partial charge in [-0.25, -0.2) is 0 Å². The zero-order valence-corrected chi connectivity index (χ0v) is 7.87. The number of hydrogen-bond acceptors (Lipinski definition) is 2. The topological polar surface area (TPSA) is 29.5 Å². The number of hydrogen-bond donors (Lipinski definition) is 1. The molecule has 0 atom stereocenters. The minimum absolute atomic E-state index is 0.0128. The van der Waals surface area contributed by atoms with Crippen LogP contribution in [-0.2, 0) is 0 Å². The molecule has 2 nitrogen and oxygen atoms in total. The van der Waals surface area contributed by atoms with E-state index >= 15 is 0 Å². The van der Waals surface area contributed by atoms with Gasteiger partial charge < -0.3 is 9.84 Å². The van der Waals surface area contributed by atoms with Crippen molar-refractivity contribution in [1.82, 2.24) is 0 Å². The minimum Gasteiger partial charge on any atom is -0.491 e. The fraction of sp³-hybridized carbons (Fsp3) is 0.200. The first-order valence-electron chi connectivity index (χ1n) is 3.98. The molecular formula is C10H11ClO2. The molecule has 0 aliphatic rings. The summed E-state index contributed by atoms with van der Waals surface area (Å²) in [4.78, 5) is 0. The van der Waals surface area contributed by atoms with Crippen LogP contribution in [0.4, 0.5) is 0 Å². The largest absolute Gasteiger partial charge is 0.491 e. The van der Waals surface area contributed by atoms with Crippen LogP contribution in [-0.4, -0.2) is 18.3 Å². The Labute approximate surface area is 82.4 Å². The molecule has 0 saturated carbocycles. The van der Waals surface area contributed by atoms with Crippen LogP contribution in [0.25, 0.3) is 6.08 Å². The maximum Gasteiger partial charge on any atom is 0.126 e. The Balaban J connectivity index is 2.78. The van der Waals surface area contributed by atoms with Crippen LogP contribution in [0.1, 0.15) is 5.56 Å². The second-order valence-electron chi connectivity index (χ2n) is 2.40. The molecule has 70 valence electrons. The molecule has 0 saturated heterocycles. The molecule has 13 heavy (non-hydrogen) atoms. The van der Waals surface area contributed by atoms with Gasteiger partial charge in [0, 0.05) is 11.1 Å². The summed E-state index contributed by atoms with van der Waals surface area (Å²) in [7, 11) is 0. The van der Waals surface area contributed by atoms with E-state index in [2.05, 4.69) is 0 Å². The van der Waals surface area contributed by atoms with Crippen molar-refractivity contribution in [1.29, 1.82) is 0 Å². The lowest BCUT2D eigenvalue weighted by molar-refractivity contribution is 0.201. The van der Waals surface area contributed by atoms with Crippen molar-refractivity contribution in [3.63, 3.8) is 0 Å². The molecule has 1 rings (SSSR count). The number of para-hydroxylation sites is 1. The van der Waals surface area contributed by atoms with Crippen molar-refractivity contribution in [2.24, 2.45) is 0 Å². The lowest BCUT2D eigenvalue weighted by atomic mass is 10.2. The van der Waals surface area contributed by atoms with Crippen molar-refractivity contribution in [2.45, 2.75) is 0 Å². The Kier molecular flexibility index (Phi) is 4.36. The molecule has 0 radical (unpaired) electrons. The van der Waals surface area contributed by atoms with Crippen molar-refractivity contribution in [3.05, 3.63) is 35.4 Å². The van der Waals surface area contributed by atoms with E-state index in [1.807, 2.05) is 24.3 Å². The first-order valence-corrected chi connectivity index (χ1v) is 4.41. The quantitative estimate of drug-likeness (QED) is 0.805. The van der Waals surface area contributed by atoms with E-state index in [1.165, 1.54) is 5.54 Å². The molecule has 0 fully saturated rings. The highest BCUT2D eigenvalue weighted by molar-refractivity contribution is 6.27. The van der Waals surface area contributed by atoms with Gasteiger partial charge in [0.2, 0.25) is 0 Å². The van der Waals surface area contributed by atoms with E-state index in [0.29, 0.717) is 6.61 Å². The first kappa shape index (κ1) is 10.1. The van der Waals surface area contributed by atoms with E-state index < -0.39 is 0 Å². The van der Waals surface area contributed by atoms with Gasteiger partial charge in [-0.15, -0.1) is 0 Å². The maximum absolute atomic E-state index is 8.58. The third-order valence-corrected chi connectivity index (χ3v) is 1.64. The Hall–Kier alpha value is -0.990. The van der Waals surface area contributed by atoms with Crippen LogP contribution >= 0.6 is 11.6 Å². The molecule has 0 aliphatic carbocycles. The predicted octanol–water partition coefficient (Wildman–Crippen LogP) is 2.27. The Morgan fingerprint density at radius 3 is 2.85 bits per heavy atom. The van der Waals surface area contributed by atoms with Crippen LogP contribution in [0.15, 0.2) is 29.8 Å². The maximum atomic E-state index is 8.58. The zero-order valence-electron chi connectivity index (χ0n) is 7.11. The third kappa shape index (κ3) is 3.09. The number of aliphatic hydroxyl groups excluding tert-OH is 1. The van der Waals surface area contributed by atoms with E-state index in [4.69, 9.17) is 21.4 Å². The summed E-state index contributed by atoms with van der Waals surface area (Å²) in [5.74, 6) is 0.730. The molecule has 0 aliphatic heterocycles. The van der Waals surface area contributed by atoms with Gasteiger partial charge in [0.15, 0.2) is 0 Å². The van der Waals surface area contributed by atoms with E-state index in [1.54, 1.807) is 6.08 Å². The van der Waals surface area contributed by atoms with Gasteiger partial charge in [0.1, 0.15) is 12.4 Å². The van der Waals surface area contributed by atoms with Gasteiger partial charge in [-0.3, -0.25) is 0 Å². The Morgan fingerprint density at radius 2 is 2.15 bits per heavy atom. The normalized spacial score (nSPS) is 10.6. The molecule has 0 spiro atoms. The lowest BCUT2D eigenvalue weighted by Gasteiger charge is -2.06. The highest BCUT2D eigenvalue weighted by Gasteiger charge is 1.97. The van der Waals surface area contributed by atoms with Gasteiger partial charge in [-0.1, -0.05) is 29.8 Å². The summed E-state index contributed by atoms with van der Waals surface area (Å²) in [5.41, 5.74) is 2.34. The van der Waals surface area contributed by atoms with Gasteiger partial charge in [-0.2, -0.15) is 0 Å². The van der Waals surface area contributed by atoms with Crippen LogP contribution in [0.5, 0.6) is 5.75 Å². The third-order valence-electron chi connectivity index (χ3n) is 1.51. The summed E-state index contributed by atoms with van der Waals surface area (Å²) in [6.07, 6.45) is 1.74. The van der Waals surface area contributed by atoms with Gasteiger partial charge >= 0.3 is 0 Å². The monoisotopic (exact) mass is 198 g/mol. The molecule has 1 aromatic rings. The summed E-state index contributed by atoms with van der Waals surface area (Å²) in [6, 6.07) is 7.50. The fourth-order valence-corrected chi connectivity index (χ4v) is 1.11. The molecule has 0 heterocycles. The minimum atomic E-state index is 0.0128. The first-order chi connectivity index (χ1) is 6.38. The molecule has 0 bridgehead atoms. The Bertz CT molecular complexity index is 284. The summed E-state index contributed by atoms with van der Waals surface area (Å²) >= 11 is 5.46. The molecule has 1 N–H and O–H groups in total. The van der Waals surface area contributed by atoms with Crippen LogP contribution in [0, 0.1) is 0 Å². The number of benzene rings is 1. The van der Waals surface area contributed by atoms with Crippen LogP contribution < -0.4 is 4.74 Å². The molecular weight excluding hydrogens is 188 g/mol. The van der Waals surface area contributed by atoms with Crippen LogP contribution in [0.2, 0.25) is 0 Å². The number of halogens is 1.